The van der Waals surface area contributed by atoms with E-state index in [0.29, 0.717) is 6.54 Å². The third-order valence-electron chi connectivity index (χ3n) is 2.67. The minimum absolute atomic E-state index is 0.0187. The van der Waals surface area contributed by atoms with Gasteiger partial charge in [0.25, 0.3) is 5.56 Å². The topological polar surface area (TPSA) is 46.9 Å². The Morgan fingerprint density at radius 2 is 2.44 bits per heavy atom. The van der Waals surface area contributed by atoms with E-state index in [4.69, 9.17) is 0 Å². The van der Waals surface area contributed by atoms with Gasteiger partial charge < -0.3 is 5.32 Å². The zero-order valence-electron chi connectivity index (χ0n) is 9.48. The molecule has 1 N–H and O–H groups in total. The maximum absolute atomic E-state index is 11.7. The number of nitrogens with one attached hydrogen (secondary N) is 1. The molecule has 0 radical (unpaired) electrons. The zero-order valence-corrected chi connectivity index (χ0v) is 10.3. The fourth-order valence-electron chi connectivity index (χ4n) is 1.46. The van der Waals surface area contributed by atoms with Gasteiger partial charge in [-0.05, 0) is 25.0 Å². The van der Waals surface area contributed by atoms with E-state index in [2.05, 4.69) is 10.4 Å². The highest BCUT2D eigenvalue weighted by Gasteiger charge is 2.20. The van der Waals surface area contributed by atoms with E-state index in [-0.39, 0.29) is 5.56 Å². The first-order chi connectivity index (χ1) is 7.79. The third-order valence-corrected chi connectivity index (χ3v) is 3.26. The molecule has 16 heavy (non-hydrogen) atoms. The number of thioether (sulfide) groups is 1. The average Bonchev–Trinajstić information content (AvgIpc) is 3.09. The Hall–Kier alpha value is -0.970. The van der Waals surface area contributed by atoms with Crippen molar-refractivity contribution in [1.82, 2.24) is 9.78 Å². The quantitative estimate of drug-likeness (QED) is 0.815. The Morgan fingerprint density at radius 3 is 3.06 bits per heavy atom. The molecule has 0 amide bonds. The summed E-state index contributed by atoms with van der Waals surface area (Å²) in [7, 11) is 0. The number of hydrogen-bond acceptors (Lipinski definition) is 4. The van der Waals surface area contributed by atoms with Crippen molar-refractivity contribution in [2.24, 2.45) is 5.92 Å². The van der Waals surface area contributed by atoms with E-state index in [1.807, 2.05) is 6.26 Å². The van der Waals surface area contributed by atoms with Crippen molar-refractivity contribution in [1.29, 1.82) is 0 Å². The van der Waals surface area contributed by atoms with E-state index in [9.17, 15) is 4.79 Å². The summed E-state index contributed by atoms with van der Waals surface area (Å²) in [4.78, 5) is 11.7. The highest BCUT2D eigenvalue weighted by Crippen LogP contribution is 2.28. The standard InChI is InChI=1S/C11H17N3OS/c1-16-5-4-14-11(15)6-10(8-13-14)12-7-9-2-3-9/h6,8-9,12H,2-5,7H2,1H3. The Morgan fingerprint density at radius 1 is 1.62 bits per heavy atom. The van der Waals surface area contributed by atoms with Crippen LogP contribution in [0.15, 0.2) is 17.1 Å². The van der Waals surface area contributed by atoms with Crippen molar-refractivity contribution in [2.45, 2.75) is 19.4 Å². The Bertz CT molecular complexity index is 400. The molecule has 0 aromatic carbocycles. The molecule has 88 valence electrons. The summed E-state index contributed by atoms with van der Waals surface area (Å²) in [6.07, 6.45) is 6.39. The first-order valence-electron chi connectivity index (χ1n) is 5.59. The minimum Gasteiger partial charge on any atom is -0.383 e. The number of aryl methyl sites for hydroxylation is 1. The molecular weight excluding hydrogens is 222 g/mol. The lowest BCUT2D eigenvalue weighted by Gasteiger charge is -2.06. The second kappa shape index (κ2) is 5.39. The monoisotopic (exact) mass is 239 g/mol. The van der Waals surface area contributed by atoms with E-state index >= 15 is 0 Å². The highest BCUT2D eigenvalue weighted by atomic mass is 32.2. The predicted octanol–water partition coefficient (Wildman–Crippen LogP) is 1.43. The van der Waals surface area contributed by atoms with E-state index in [1.54, 1.807) is 24.0 Å². The number of nitrogens with zero attached hydrogens (tertiary/aromatic N) is 2. The van der Waals surface area contributed by atoms with Crippen molar-refractivity contribution in [3.63, 3.8) is 0 Å². The van der Waals surface area contributed by atoms with Crippen LogP contribution in [0.2, 0.25) is 0 Å². The highest BCUT2D eigenvalue weighted by molar-refractivity contribution is 7.98. The molecule has 1 saturated carbocycles. The summed E-state index contributed by atoms with van der Waals surface area (Å²) in [5.41, 5.74) is 0.826. The third kappa shape index (κ3) is 3.27. The van der Waals surface area contributed by atoms with Crippen LogP contribution in [0.3, 0.4) is 0 Å². The molecule has 0 unspecified atom stereocenters. The first-order valence-corrected chi connectivity index (χ1v) is 6.99. The smallest absolute Gasteiger partial charge is 0.268 e. The van der Waals surface area contributed by atoms with Gasteiger partial charge in [-0.15, -0.1) is 0 Å². The Balaban J connectivity index is 1.94. The zero-order chi connectivity index (χ0) is 11.4. The second-order valence-corrected chi connectivity index (χ2v) is 5.11. The van der Waals surface area contributed by atoms with Crippen LogP contribution < -0.4 is 10.9 Å². The van der Waals surface area contributed by atoms with Crippen LogP contribution in [0.25, 0.3) is 0 Å². The van der Waals surface area contributed by atoms with Gasteiger partial charge in [0.1, 0.15) is 0 Å². The van der Waals surface area contributed by atoms with Gasteiger partial charge in [0.05, 0.1) is 18.4 Å². The van der Waals surface area contributed by atoms with Gasteiger partial charge in [0.2, 0.25) is 0 Å². The second-order valence-electron chi connectivity index (χ2n) is 4.12. The first kappa shape index (κ1) is 11.5. The van der Waals surface area contributed by atoms with Crippen molar-refractivity contribution >= 4 is 17.4 Å². The number of rotatable bonds is 6. The molecule has 4 nitrogen and oxygen atoms in total. The molecule has 0 bridgehead atoms. The molecule has 5 heteroatoms. The Kier molecular flexibility index (Phi) is 3.88. The maximum Gasteiger partial charge on any atom is 0.268 e. The van der Waals surface area contributed by atoms with Crippen molar-refractivity contribution < 1.29 is 0 Å². The van der Waals surface area contributed by atoms with Gasteiger partial charge >= 0.3 is 0 Å². The summed E-state index contributed by atoms with van der Waals surface area (Å²) in [5, 5.41) is 7.39. The molecule has 2 rings (SSSR count). The molecule has 1 aliphatic carbocycles. The normalized spacial score (nSPS) is 15.1. The molecule has 0 atom stereocenters. The summed E-state index contributed by atoms with van der Waals surface area (Å²) >= 11 is 1.72. The minimum atomic E-state index is -0.0187. The van der Waals surface area contributed by atoms with E-state index in [0.717, 1.165) is 23.9 Å². The van der Waals surface area contributed by atoms with Gasteiger partial charge in [0, 0.05) is 18.4 Å². The molecule has 1 aromatic heterocycles. The lowest BCUT2D eigenvalue weighted by atomic mass is 10.4. The average molecular weight is 239 g/mol. The molecular formula is C11H17N3OS. The van der Waals surface area contributed by atoms with Crippen molar-refractivity contribution in [3.05, 3.63) is 22.6 Å². The maximum atomic E-state index is 11.7. The molecule has 0 aliphatic heterocycles. The van der Waals surface area contributed by atoms with Gasteiger partial charge in [-0.1, -0.05) is 0 Å². The summed E-state index contributed by atoms with van der Waals surface area (Å²) in [6.45, 7) is 1.65. The van der Waals surface area contributed by atoms with E-state index < -0.39 is 0 Å². The van der Waals surface area contributed by atoms with Crippen LogP contribution in [0.4, 0.5) is 5.69 Å². The van der Waals surface area contributed by atoms with Gasteiger partial charge in [-0.25, -0.2) is 4.68 Å². The molecule has 1 fully saturated rings. The van der Waals surface area contributed by atoms with Crippen molar-refractivity contribution in [3.8, 4) is 0 Å². The molecule has 1 heterocycles. The SMILES string of the molecule is CSCCn1ncc(NCC2CC2)cc1=O. The Labute approximate surface area is 99.4 Å². The lowest BCUT2D eigenvalue weighted by Crippen LogP contribution is -2.23. The van der Waals surface area contributed by atoms with Crippen LogP contribution in [0.5, 0.6) is 0 Å². The summed E-state index contributed by atoms with van der Waals surface area (Å²) in [5.74, 6) is 1.72. The summed E-state index contributed by atoms with van der Waals surface area (Å²) in [6, 6.07) is 1.63. The molecule has 0 saturated heterocycles. The van der Waals surface area contributed by atoms with Gasteiger partial charge in [-0.2, -0.15) is 16.9 Å². The van der Waals surface area contributed by atoms with Crippen LogP contribution >= 0.6 is 11.8 Å². The number of aromatic nitrogens is 2. The molecule has 0 spiro atoms. The molecule has 1 aliphatic rings. The van der Waals surface area contributed by atoms with Crippen LogP contribution in [0.1, 0.15) is 12.8 Å². The fourth-order valence-corrected chi connectivity index (χ4v) is 1.82. The summed E-state index contributed by atoms with van der Waals surface area (Å²) < 4.78 is 1.51. The number of anilines is 1. The van der Waals surface area contributed by atoms with Crippen LogP contribution in [-0.2, 0) is 6.54 Å². The fraction of sp³-hybridized carbons (Fsp3) is 0.636. The predicted molar refractivity (Wildman–Crippen MR) is 68.1 cm³/mol. The van der Waals surface area contributed by atoms with Crippen LogP contribution in [-0.4, -0.2) is 28.3 Å². The van der Waals surface area contributed by atoms with E-state index in [1.165, 1.54) is 17.5 Å². The van der Waals surface area contributed by atoms with Crippen molar-refractivity contribution in [2.75, 3.05) is 23.9 Å². The van der Waals surface area contributed by atoms with Gasteiger partial charge in [0.15, 0.2) is 0 Å². The largest absolute Gasteiger partial charge is 0.383 e. The lowest BCUT2D eigenvalue weighted by molar-refractivity contribution is 0.622. The molecule has 1 aromatic rings. The number of hydrogen-bond donors (Lipinski definition) is 1. The van der Waals surface area contributed by atoms with Crippen LogP contribution in [0, 0.1) is 5.92 Å². The van der Waals surface area contributed by atoms with Gasteiger partial charge in [-0.3, -0.25) is 4.79 Å².